The van der Waals surface area contributed by atoms with Gasteiger partial charge in [0.05, 0.1) is 6.26 Å². The molecular formula is C15H11ClO3. The number of furan rings is 1. The molecule has 0 fully saturated rings. The SMILES string of the molecule is Oc1ccc2occ(COc3cccc(Cl)c3)c2c1. The Hall–Kier alpha value is -2.13. The van der Waals surface area contributed by atoms with Crippen LogP contribution in [-0.4, -0.2) is 5.11 Å². The van der Waals surface area contributed by atoms with Crippen molar-refractivity contribution < 1.29 is 14.3 Å². The Morgan fingerprint density at radius 2 is 2.05 bits per heavy atom. The smallest absolute Gasteiger partial charge is 0.134 e. The van der Waals surface area contributed by atoms with E-state index in [1.54, 1.807) is 36.6 Å². The highest BCUT2D eigenvalue weighted by Crippen LogP contribution is 2.26. The van der Waals surface area contributed by atoms with Crippen molar-refractivity contribution in [2.45, 2.75) is 6.61 Å². The molecule has 0 saturated heterocycles. The number of benzene rings is 2. The molecule has 0 aliphatic heterocycles. The highest BCUT2D eigenvalue weighted by atomic mass is 35.5. The van der Waals surface area contributed by atoms with Gasteiger partial charge in [-0.25, -0.2) is 0 Å². The van der Waals surface area contributed by atoms with Gasteiger partial charge in [-0.05, 0) is 36.4 Å². The van der Waals surface area contributed by atoms with Crippen molar-refractivity contribution in [2.75, 3.05) is 0 Å². The van der Waals surface area contributed by atoms with E-state index in [1.165, 1.54) is 0 Å². The fourth-order valence-corrected chi connectivity index (χ4v) is 2.08. The first kappa shape index (κ1) is 11.9. The zero-order valence-corrected chi connectivity index (χ0v) is 10.7. The lowest BCUT2D eigenvalue weighted by atomic mass is 10.2. The quantitative estimate of drug-likeness (QED) is 0.771. The molecule has 1 N–H and O–H groups in total. The number of phenolic OH excluding ortho intramolecular Hbond substituents is 1. The maximum Gasteiger partial charge on any atom is 0.134 e. The van der Waals surface area contributed by atoms with Gasteiger partial charge in [0.2, 0.25) is 0 Å². The summed E-state index contributed by atoms with van der Waals surface area (Å²) in [7, 11) is 0. The molecule has 2 aromatic carbocycles. The lowest BCUT2D eigenvalue weighted by Crippen LogP contribution is -1.94. The van der Waals surface area contributed by atoms with Crippen LogP contribution < -0.4 is 4.74 Å². The molecule has 0 aliphatic carbocycles. The van der Waals surface area contributed by atoms with Crippen molar-refractivity contribution in [1.82, 2.24) is 0 Å². The van der Waals surface area contributed by atoms with Gasteiger partial charge in [-0.1, -0.05) is 17.7 Å². The second kappa shape index (κ2) is 4.86. The summed E-state index contributed by atoms with van der Waals surface area (Å²) in [5.41, 5.74) is 1.60. The van der Waals surface area contributed by atoms with Gasteiger partial charge in [-0.3, -0.25) is 0 Å². The molecule has 3 aromatic rings. The fourth-order valence-electron chi connectivity index (χ4n) is 1.90. The number of fused-ring (bicyclic) bond motifs is 1. The summed E-state index contributed by atoms with van der Waals surface area (Å²) in [6.07, 6.45) is 1.63. The van der Waals surface area contributed by atoms with Crippen molar-refractivity contribution in [1.29, 1.82) is 0 Å². The van der Waals surface area contributed by atoms with Gasteiger partial charge in [0.1, 0.15) is 23.7 Å². The summed E-state index contributed by atoms with van der Waals surface area (Å²) < 4.78 is 11.1. The maximum atomic E-state index is 9.49. The molecular weight excluding hydrogens is 264 g/mol. The first-order chi connectivity index (χ1) is 9.22. The third kappa shape index (κ3) is 2.51. The summed E-state index contributed by atoms with van der Waals surface area (Å²) in [4.78, 5) is 0. The van der Waals surface area contributed by atoms with Crippen LogP contribution in [0.2, 0.25) is 5.02 Å². The van der Waals surface area contributed by atoms with Gasteiger partial charge < -0.3 is 14.3 Å². The number of halogens is 1. The predicted octanol–water partition coefficient (Wildman–Crippen LogP) is 4.37. The molecule has 0 unspecified atom stereocenters. The number of rotatable bonds is 3. The fraction of sp³-hybridized carbons (Fsp3) is 0.0667. The monoisotopic (exact) mass is 274 g/mol. The van der Waals surface area contributed by atoms with E-state index in [-0.39, 0.29) is 5.75 Å². The van der Waals surface area contributed by atoms with Crippen LogP contribution in [0.1, 0.15) is 5.56 Å². The first-order valence-electron chi connectivity index (χ1n) is 5.80. The van der Waals surface area contributed by atoms with Crippen molar-refractivity contribution in [2.24, 2.45) is 0 Å². The third-order valence-corrected chi connectivity index (χ3v) is 3.06. The Labute approximate surface area is 115 Å². The van der Waals surface area contributed by atoms with E-state index in [4.69, 9.17) is 20.8 Å². The van der Waals surface area contributed by atoms with Crippen LogP contribution in [0.3, 0.4) is 0 Å². The number of ether oxygens (including phenoxy) is 1. The molecule has 0 spiro atoms. The minimum atomic E-state index is 0.206. The van der Waals surface area contributed by atoms with Crippen LogP contribution in [0.25, 0.3) is 11.0 Å². The maximum absolute atomic E-state index is 9.49. The van der Waals surface area contributed by atoms with Gasteiger partial charge >= 0.3 is 0 Å². The van der Waals surface area contributed by atoms with E-state index in [0.717, 1.165) is 16.5 Å². The van der Waals surface area contributed by atoms with Gasteiger partial charge in [0, 0.05) is 16.0 Å². The Bertz CT molecular complexity index is 718. The molecule has 1 heterocycles. The Balaban J connectivity index is 1.84. The van der Waals surface area contributed by atoms with Gasteiger partial charge in [0.25, 0.3) is 0 Å². The highest BCUT2D eigenvalue weighted by Gasteiger charge is 2.07. The third-order valence-electron chi connectivity index (χ3n) is 2.83. The number of hydrogen-bond donors (Lipinski definition) is 1. The predicted molar refractivity (Wildman–Crippen MR) is 73.7 cm³/mol. The van der Waals surface area contributed by atoms with Crippen molar-refractivity contribution in [3.8, 4) is 11.5 Å². The lowest BCUT2D eigenvalue weighted by molar-refractivity contribution is 0.306. The number of aromatic hydroxyl groups is 1. The minimum Gasteiger partial charge on any atom is -0.508 e. The Morgan fingerprint density at radius 1 is 1.16 bits per heavy atom. The standard InChI is InChI=1S/C15H11ClO3/c16-11-2-1-3-13(6-11)18-8-10-9-19-15-5-4-12(17)7-14(10)15/h1-7,9,17H,8H2. The van der Waals surface area contributed by atoms with E-state index in [1.807, 2.05) is 12.1 Å². The normalized spacial score (nSPS) is 10.8. The molecule has 3 nitrogen and oxygen atoms in total. The molecule has 3 rings (SSSR count). The second-order valence-electron chi connectivity index (χ2n) is 4.19. The van der Waals surface area contributed by atoms with Gasteiger partial charge in [-0.15, -0.1) is 0 Å². The summed E-state index contributed by atoms with van der Waals surface area (Å²) in [5.74, 6) is 0.903. The van der Waals surface area contributed by atoms with Crippen LogP contribution in [0.5, 0.6) is 11.5 Å². The van der Waals surface area contributed by atoms with E-state index < -0.39 is 0 Å². The lowest BCUT2D eigenvalue weighted by Gasteiger charge is -2.05. The molecule has 0 saturated carbocycles. The number of hydrogen-bond acceptors (Lipinski definition) is 3. The van der Waals surface area contributed by atoms with Crippen LogP contribution >= 0.6 is 11.6 Å². The largest absolute Gasteiger partial charge is 0.508 e. The zero-order valence-electron chi connectivity index (χ0n) is 9.97. The second-order valence-corrected chi connectivity index (χ2v) is 4.62. The van der Waals surface area contributed by atoms with E-state index >= 15 is 0 Å². The molecule has 0 bridgehead atoms. The summed E-state index contributed by atoms with van der Waals surface area (Å²) in [5, 5.41) is 11.0. The number of phenols is 1. The Kier molecular flexibility index (Phi) is 3.05. The first-order valence-corrected chi connectivity index (χ1v) is 6.17. The van der Waals surface area contributed by atoms with Crippen molar-refractivity contribution >= 4 is 22.6 Å². The van der Waals surface area contributed by atoms with Crippen molar-refractivity contribution in [3.05, 3.63) is 59.3 Å². The zero-order chi connectivity index (χ0) is 13.2. The topological polar surface area (TPSA) is 42.6 Å². The Morgan fingerprint density at radius 3 is 2.89 bits per heavy atom. The summed E-state index contributed by atoms with van der Waals surface area (Å²) in [6, 6.07) is 12.2. The summed E-state index contributed by atoms with van der Waals surface area (Å²) >= 11 is 5.89. The molecule has 0 radical (unpaired) electrons. The van der Waals surface area contributed by atoms with Crippen LogP contribution in [0, 0.1) is 0 Å². The molecule has 0 atom stereocenters. The van der Waals surface area contributed by atoms with Crippen LogP contribution in [0.4, 0.5) is 0 Å². The summed E-state index contributed by atoms with van der Waals surface area (Å²) in [6.45, 7) is 0.358. The van der Waals surface area contributed by atoms with Crippen molar-refractivity contribution in [3.63, 3.8) is 0 Å². The van der Waals surface area contributed by atoms with Gasteiger partial charge in [0.15, 0.2) is 0 Å². The van der Waals surface area contributed by atoms with E-state index in [2.05, 4.69) is 0 Å². The molecule has 19 heavy (non-hydrogen) atoms. The van der Waals surface area contributed by atoms with E-state index in [0.29, 0.717) is 17.4 Å². The van der Waals surface area contributed by atoms with E-state index in [9.17, 15) is 5.11 Å². The molecule has 4 heteroatoms. The average Bonchev–Trinajstić information content (AvgIpc) is 2.79. The van der Waals surface area contributed by atoms with Crippen LogP contribution in [0.15, 0.2) is 53.1 Å². The molecule has 0 amide bonds. The molecule has 1 aromatic heterocycles. The average molecular weight is 275 g/mol. The molecule has 96 valence electrons. The van der Waals surface area contributed by atoms with Gasteiger partial charge in [-0.2, -0.15) is 0 Å². The minimum absolute atomic E-state index is 0.206. The van der Waals surface area contributed by atoms with Crippen LogP contribution in [-0.2, 0) is 6.61 Å². The highest BCUT2D eigenvalue weighted by molar-refractivity contribution is 6.30. The molecule has 0 aliphatic rings.